The molecule has 1 saturated heterocycles. The molecule has 1 aromatic heterocycles. The first kappa shape index (κ1) is 32.4. The Morgan fingerprint density at radius 3 is 2.56 bits per heavy atom. The maximum atomic E-state index is 13.9. The van der Waals surface area contributed by atoms with Crippen molar-refractivity contribution >= 4 is 11.9 Å². The molecule has 0 aliphatic carbocycles. The van der Waals surface area contributed by atoms with E-state index in [0.717, 1.165) is 19.3 Å². The van der Waals surface area contributed by atoms with Crippen LogP contribution in [-0.2, 0) is 9.47 Å². The topological polar surface area (TPSA) is 104 Å². The number of nitrogens with one attached hydrogen (secondary N) is 1. The summed E-state index contributed by atoms with van der Waals surface area (Å²) in [6, 6.07) is 0. The molecule has 218 valence electrons. The molecule has 39 heavy (non-hydrogen) atoms. The lowest BCUT2D eigenvalue weighted by atomic mass is 10.0. The lowest BCUT2D eigenvalue weighted by Gasteiger charge is -2.24. The number of hydrogen-bond donors (Lipinski definition) is 2. The van der Waals surface area contributed by atoms with Crippen molar-refractivity contribution in [3.63, 3.8) is 0 Å². The average molecular weight is 546 g/mol. The second-order valence-corrected chi connectivity index (χ2v) is 10.3. The second-order valence-electron chi connectivity index (χ2n) is 10.3. The number of ether oxygens (including phenoxy) is 2. The third kappa shape index (κ3) is 11.0. The standard InChI is InChI=1S/C30H48FN5O3/c1-5-8-10-11-12-13-14-15-16-17-21-33-29(37)38-22-30(7-3)20-19-26(39-30)36-23-34-27(24(36)4)28(32)35-25(31)18-9-6-2/h3,18,23,26H,5-6,8-17,19-22H2,1-2,4H3,(H2,32,35)(H,33,37)/b25-18+. The van der Waals surface area contributed by atoms with Crippen LogP contribution in [0.1, 0.15) is 121 Å². The van der Waals surface area contributed by atoms with Crippen molar-refractivity contribution in [2.24, 2.45) is 10.7 Å². The minimum absolute atomic E-state index is 0.000253. The number of hydrogen-bond acceptors (Lipinski definition) is 5. The molecule has 2 unspecified atom stereocenters. The van der Waals surface area contributed by atoms with Gasteiger partial charge in [0.25, 0.3) is 0 Å². The predicted octanol–water partition coefficient (Wildman–Crippen LogP) is 6.84. The van der Waals surface area contributed by atoms with E-state index >= 15 is 0 Å². The van der Waals surface area contributed by atoms with Gasteiger partial charge in [0, 0.05) is 12.2 Å². The Morgan fingerprint density at radius 2 is 1.92 bits per heavy atom. The lowest BCUT2D eigenvalue weighted by molar-refractivity contribution is -0.0662. The summed E-state index contributed by atoms with van der Waals surface area (Å²) in [5.41, 5.74) is 6.05. The summed E-state index contributed by atoms with van der Waals surface area (Å²) in [4.78, 5) is 20.3. The summed E-state index contributed by atoms with van der Waals surface area (Å²) in [6.07, 6.45) is 22.8. The predicted molar refractivity (Wildman–Crippen MR) is 154 cm³/mol. The normalized spacial score (nSPS) is 19.7. The minimum atomic E-state index is -1.02. The summed E-state index contributed by atoms with van der Waals surface area (Å²) >= 11 is 0. The molecule has 0 spiro atoms. The van der Waals surface area contributed by atoms with Crippen LogP contribution < -0.4 is 11.1 Å². The van der Waals surface area contributed by atoms with Crippen LogP contribution in [0, 0.1) is 19.3 Å². The van der Waals surface area contributed by atoms with E-state index in [1.54, 1.807) is 10.9 Å². The summed E-state index contributed by atoms with van der Waals surface area (Å²) in [7, 11) is 0. The Morgan fingerprint density at radius 1 is 1.26 bits per heavy atom. The Labute approximate surface area is 234 Å². The van der Waals surface area contributed by atoms with Crippen molar-refractivity contribution in [1.29, 1.82) is 0 Å². The molecule has 8 nitrogen and oxygen atoms in total. The number of nitrogens with zero attached hydrogens (tertiary/aromatic N) is 3. The number of amidine groups is 1. The largest absolute Gasteiger partial charge is 0.445 e. The van der Waals surface area contributed by atoms with Gasteiger partial charge in [0.1, 0.15) is 18.5 Å². The summed E-state index contributed by atoms with van der Waals surface area (Å²) in [6.45, 7) is 6.55. The number of imidazole rings is 1. The first-order valence-electron chi connectivity index (χ1n) is 14.7. The van der Waals surface area contributed by atoms with E-state index < -0.39 is 23.9 Å². The van der Waals surface area contributed by atoms with Crippen molar-refractivity contribution in [3.8, 4) is 12.3 Å². The van der Waals surface area contributed by atoms with E-state index in [-0.39, 0.29) is 12.4 Å². The van der Waals surface area contributed by atoms with Crippen LogP contribution >= 0.6 is 0 Å². The molecule has 0 saturated carbocycles. The number of carbonyl (C=O) groups excluding carboxylic acids is 1. The van der Waals surface area contributed by atoms with Crippen molar-refractivity contribution in [2.45, 2.75) is 122 Å². The fraction of sp³-hybridized carbons (Fsp3) is 0.700. The van der Waals surface area contributed by atoms with Gasteiger partial charge in [-0.2, -0.15) is 4.39 Å². The maximum Gasteiger partial charge on any atom is 0.407 e. The van der Waals surface area contributed by atoms with Crippen LogP contribution in [0.2, 0.25) is 0 Å². The van der Waals surface area contributed by atoms with Crippen molar-refractivity contribution in [2.75, 3.05) is 13.2 Å². The van der Waals surface area contributed by atoms with Gasteiger partial charge in [-0.05, 0) is 38.7 Å². The van der Waals surface area contributed by atoms with E-state index in [4.69, 9.17) is 21.6 Å². The molecule has 1 aliphatic rings. The van der Waals surface area contributed by atoms with E-state index in [1.807, 2.05) is 13.8 Å². The second kappa shape index (κ2) is 17.7. The van der Waals surface area contributed by atoms with Crippen molar-refractivity contribution < 1.29 is 18.7 Å². The van der Waals surface area contributed by atoms with E-state index in [1.165, 1.54) is 57.4 Å². The Balaban J connectivity index is 1.74. The van der Waals surface area contributed by atoms with E-state index in [0.29, 0.717) is 37.2 Å². The third-order valence-electron chi connectivity index (χ3n) is 7.08. The molecule has 2 rings (SSSR count). The van der Waals surface area contributed by atoms with Gasteiger partial charge in [0.05, 0.1) is 6.33 Å². The molecule has 1 amide bonds. The van der Waals surface area contributed by atoms with Gasteiger partial charge < -0.3 is 25.1 Å². The number of carbonyl (C=O) groups is 1. The average Bonchev–Trinajstić information content (AvgIpc) is 3.53. The number of terminal acetylenes is 1. The maximum absolute atomic E-state index is 13.9. The number of halogens is 1. The molecule has 0 aromatic carbocycles. The van der Waals surface area contributed by atoms with Gasteiger partial charge in [-0.1, -0.05) is 84.0 Å². The van der Waals surface area contributed by atoms with Crippen LogP contribution in [-0.4, -0.2) is 40.2 Å². The summed E-state index contributed by atoms with van der Waals surface area (Å²) in [5, 5.41) is 2.81. The highest BCUT2D eigenvalue weighted by Crippen LogP contribution is 2.37. The molecule has 2 heterocycles. The fourth-order valence-electron chi connectivity index (χ4n) is 4.66. The molecular formula is C30H48FN5O3. The van der Waals surface area contributed by atoms with Gasteiger partial charge in [0.15, 0.2) is 11.4 Å². The van der Waals surface area contributed by atoms with Gasteiger partial charge >= 0.3 is 6.09 Å². The van der Waals surface area contributed by atoms with Crippen LogP contribution in [0.4, 0.5) is 9.18 Å². The molecule has 1 aliphatic heterocycles. The van der Waals surface area contributed by atoms with E-state index in [2.05, 4.69) is 28.1 Å². The number of nitrogens with two attached hydrogens (primary N) is 1. The van der Waals surface area contributed by atoms with Gasteiger partial charge in [0.2, 0.25) is 5.95 Å². The highest BCUT2D eigenvalue weighted by atomic mass is 19.1. The molecule has 2 atom stereocenters. The van der Waals surface area contributed by atoms with Gasteiger partial charge in [-0.15, -0.1) is 6.42 Å². The number of amides is 1. The minimum Gasteiger partial charge on any atom is -0.445 e. The number of aliphatic imine (C=N–C) groups is 1. The van der Waals surface area contributed by atoms with Crippen molar-refractivity contribution in [1.82, 2.24) is 14.9 Å². The highest BCUT2D eigenvalue weighted by molar-refractivity contribution is 5.97. The molecule has 0 bridgehead atoms. The van der Waals surface area contributed by atoms with Crippen LogP contribution in [0.25, 0.3) is 0 Å². The zero-order valence-electron chi connectivity index (χ0n) is 24.1. The molecule has 3 N–H and O–H groups in total. The zero-order chi connectivity index (χ0) is 28.5. The molecule has 1 aromatic rings. The smallest absolute Gasteiger partial charge is 0.407 e. The van der Waals surface area contributed by atoms with Crippen molar-refractivity contribution in [3.05, 3.63) is 29.7 Å². The molecule has 1 fully saturated rings. The third-order valence-corrected chi connectivity index (χ3v) is 7.08. The molecular weight excluding hydrogens is 497 g/mol. The number of aromatic nitrogens is 2. The highest BCUT2D eigenvalue weighted by Gasteiger charge is 2.41. The molecule has 9 heteroatoms. The zero-order valence-corrected chi connectivity index (χ0v) is 24.1. The number of unbranched alkanes of at least 4 members (excludes halogenated alkanes) is 10. The number of alkyl carbamates (subject to hydrolysis) is 1. The number of rotatable bonds is 18. The number of allylic oxidation sites excluding steroid dienone is 1. The van der Waals surface area contributed by atoms with Crippen LogP contribution in [0.3, 0.4) is 0 Å². The first-order valence-corrected chi connectivity index (χ1v) is 14.7. The summed E-state index contributed by atoms with van der Waals surface area (Å²) in [5.74, 6) is 2.04. The van der Waals surface area contributed by atoms with Gasteiger partial charge in [-0.3, -0.25) is 0 Å². The monoisotopic (exact) mass is 545 g/mol. The Kier molecular flexibility index (Phi) is 14.7. The van der Waals surface area contributed by atoms with Crippen LogP contribution in [0.5, 0.6) is 0 Å². The lowest BCUT2D eigenvalue weighted by Crippen LogP contribution is -2.36. The van der Waals surface area contributed by atoms with Gasteiger partial charge in [-0.25, -0.2) is 14.8 Å². The fourth-order valence-corrected chi connectivity index (χ4v) is 4.66. The van der Waals surface area contributed by atoms with Crippen LogP contribution in [0.15, 0.2) is 23.3 Å². The Hall–Kier alpha value is -2.86. The quantitative estimate of drug-likeness (QED) is 0.0691. The molecule has 0 radical (unpaired) electrons. The Bertz CT molecular complexity index is 984. The van der Waals surface area contributed by atoms with E-state index in [9.17, 15) is 9.18 Å². The summed E-state index contributed by atoms with van der Waals surface area (Å²) < 4.78 is 27.3. The SMILES string of the molecule is C#CC1(COC(=O)NCCCCCCCCCCCC)CCC(n2cnc(/C(N)=N\C(F)=C\CCC)c2C)O1. The first-order chi connectivity index (χ1) is 18.9.